The highest BCUT2D eigenvalue weighted by molar-refractivity contribution is 5.75. The van der Waals surface area contributed by atoms with Gasteiger partial charge in [0.15, 0.2) is 5.82 Å². The van der Waals surface area contributed by atoms with Gasteiger partial charge in [-0.25, -0.2) is 4.98 Å². The van der Waals surface area contributed by atoms with E-state index in [1.165, 1.54) is 0 Å². The van der Waals surface area contributed by atoms with E-state index in [1.54, 1.807) is 4.68 Å². The minimum absolute atomic E-state index is 0.791. The lowest BCUT2D eigenvalue weighted by molar-refractivity contribution is 0.800. The van der Waals surface area contributed by atoms with Crippen molar-refractivity contribution in [3.05, 3.63) is 48.2 Å². The second kappa shape index (κ2) is 3.41. The molecule has 0 amide bonds. The number of aromatic nitrogens is 4. The summed E-state index contributed by atoms with van der Waals surface area (Å²) in [5.74, 6) is 0.791. The summed E-state index contributed by atoms with van der Waals surface area (Å²) in [6, 6.07) is 11.8. The van der Waals surface area contributed by atoms with Crippen molar-refractivity contribution >= 4 is 11.0 Å². The van der Waals surface area contributed by atoms with Gasteiger partial charge in [0.2, 0.25) is 0 Å². The smallest absolute Gasteiger partial charge is 0.155 e. The van der Waals surface area contributed by atoms with E-state index >= 15 is 0 Å². The molecule has 2 heterocycles. The minimum Gasteiger partial charge on any atom is -0.237 e. The lowest BCUT2D eigenvalue weighted by atomic mass is 10.3. The van der Waals surface area contributed by atoms with Crippen molar-refractivity contribution in [2.45, 2.75) is 6.92 Å². The molecular formula is C12H10N4. The molecule has 1 aromatic carbocycles. The van der Waals surface area contributed by atoms with E-state index in [9.17, 15) is 0 Å². The SMILES string of the molecule is Cc1ccc(-n2nnc3ccccc32)nc1. The molecule has 78 valence electrons. The summed E-state index contributed by atoms with van der Waals surface area (Å²) in [5.41, 5.74) is 2.98. The van der Waals surface area contributed by atoms with Crippen LogP contribution in [-0.4, -0.2) is 20.0 Å². The first-order valence-electron chi connectivity index (χ1n) is 5.08. The van der Waals surface area contributed by atoms with Gasteiger partial charge in [0, 0.05) is 6.20 Å². The molecule has 0 spiro atoms. The zero-order valence-corrected chi connectivity index (χ0v) is 8.83. The quantitative estimate of drug-likeness (QED) is 0.618. The Morgan fingerprint density at radius 1 is 1.06 bits per heavy atom. The number of nitrogens with zero attached hydrogens (tertiary/aromatic N) is 4. The molecule has 4 heteroatoms. The van der Waals surface area contributed by atoms with Crippen molar-refractivity contribution in [1.29, 1.82) is 0 Å². The Kier molecular flexibility index (Phi) is 1.93. The molecule has 0 aliphatic rings. The van der Waals surface area contributed by atoms with Gasteiger partial charge in [-0.3, -0.25) is 0 Å². The molecular weight excluding hydrogens is 200 g/mol. The molecule has 0 saturated carbocycles. The van der Waals surface area contributed by atoms with Gasteiger partial charge < -0.3 is 0 Å². The standard InChI is InChI=1S/C12H10N4/c1-9-6-7-12(13-8-9)16-11-5-3-2-4-10(11)14-15-16/h2-8H,1H3. The van der Waals surface area contributed by atoms with E-state index in [2.05, 4.69) is 15.3 Å². The number of pyridine rings is 1. The van der Waals surface area contributed by atoms with Crippen LogP contribution in [0.3, 0.4) is 0 Å². The summed E-state index contributed by atoms with van der Waals surface area (Å²) in [5, 5.41) is 8.19. The normalized spacial score (nSPS) is 10.8. The van der Waals surface area contributed by atoms with Crippen molar-refractivity contribution in [3.63, 3.8) is 0 Å². The number of benzene rings is 1. The molecule has 0 aliphatic carbocycles. The van der Waals surface area contributed by atoms with Crippen LogP contribution in [0.25, 0.3) is 16.9 Å². The van der Waals surface area contributed by atoms with E-state index in [0.717, 1.165) is 22.4 Å². The molecule has 16 heavy (non-hydrogen) atoms. The maximum absolute atomic E-state index is 4.33. The zero-order valence-electron chi connectivity index (χ0n) is 8.83. The number of hydrogen-bond acceptors (Lipinski definition) is 3. The summed E-state index contributed by atoms with van der Waals surface area (Å²) in [6.07, 6.45) is 1.83. The molecule has 4 nitrogen and oxygen atoms in total. The molecule has 0 unspecified atom stereocenters. The Balaban J connectivity index is 2.22. The fourth-order valence-electron chi connectivity index (χ4n) is 1.62. The van der Waals surface area contributed by atoms with Gasteiger partial charge in [0.05, 0.1) is 5.52 Å². The molecule has 0 saturated heterocycles. The van der Waals surface area contributed by atoms with Gasteiger partial charge >= 0.3 is 0 Å². The summed E-state index contributed by atoms with van der Waals surface area (Å²) >= 11 is 0. The Hall–Kier alpha value is -2.23. The number of hydrogen-bond donors (Lipinski definition) is 0. The molecule has 3 aromatic rings. The lowest BCUT2D eigenvalue weighted by Gasteiger charge is -2.00. The van der Waals surface area contributed by atoms with Crippen LogP contribution >= 0.6 is 0 Å². The Morgan fingerprint density at radius 3 is 2.75 bits per heavy atom. The van der Waals surface area contributed by atoms with E-state index in [0.29, 0.717) is 0 Å². The maximum atomic E-state index is 4.33. The Morgan fingerprint density at radius 2 is 1.94 bits per heavy atom. The molecule has 0 bridgehead atoms. The summed E-state index contributed by atoms with van der Waals surface area (Å²) < 4.78 is 1.74. The Labute approximate surface area is 92.6 Å². The number of para-hydroxylation sites is 1. The number of aryl methyl sites for hydroxylation is 1. The highest BCUT2D eigenvalue weighted by atomic mass is 15.4. The van der Waals surface area contributed by atoms with Crippen molar-refractivity contribution < 1.29 is 0 Å². The van der Waals surface area contributed by atoms with Crippen LogP contribution in [0.1, 0.15) is 5.56 Å². The summed E-state index contributed by atoms with van der Waals surface area (Å²) in [4.78, 5) is 4.33. The maximum Gasteiger partial charge on any atom is 0.155 e. The van der Waals surface area contributed by atoms with Crippen LogP contribution in [0.4, 0.5) is 0 Å². The molecule has 0 atom stereocenters. The monoisotopic (exact) mass is 210 g/mol. The fourth-order valence-corrected chi connectivity index (χ4v) is 1.62. The summed E-state index contributed by atoms with van der Waals surface area (Å²) in [7, 11) is 0. The zero-order chi connectivity index (χ0) is 11.0. The summed E-state index contributed by atoms with van der Waals surface area (Å²) in [6.45, 7) is 2.01. The van der Waals surface area contributed by atoms with Crippen molar-refractivity contribution in [2.24, 2.45) is 0 Å². The van der Waals surface area contributed by atoms with Gasteiger partial charge in [-0.2, -0.15) is 4.68 Å². The molecule has 0 radical (unpaired) electrons. The first-order chi connectivity index (χ1) is 7.84. The average Bonchev–Trinajstić information content (AvgIpc) is 2.74. The minimum atomic E-state index is 0.791. The van der Waals surface area contributed by atoms with E-state index in [1.807, 2.05) is 49.5 Å². The fraction of sp³-hybridized carbons (Fsp3) is 0.0833. The molecule has 0 N–H and O–H groups in total. The van der Waals surface area contributed by atoms with Crippen LogP contribution in [-0.2, 0) is 0 Å². The third-order valence-corrected chi connectivity index (χ3v) is 2.46. The number of fused-ring (bicyclic) bond motifs is 1. The van der Waals surface area contributed by atoms with E-state index in [4.69, 9.17) is 0 Å². The van der Waals surface area contributed by atoms with Crippen LogP contribution in [0, 0.1) is 6.92 Å². The topological polar surface area (TPSA) is 43.6 Å². The average molecular weight is 210 g/mol. The predicted octanol–water partition coefficient (Wildman–Crippen LogP) is 2.12. The van der Waals surface area contributed by atoms with Gasteiger partial charge in [-0.05, 0) is 30.7 Å². The third-order valence-electron chi connectivity index (χ3n) is 2.46. The van der Waals surface area contributed by atoms with E-state index in [-0.39, 0.29) is 0 Å². The molecule has 0 aliphatic heterocycles. The van der Waals surface area contributed by atoms with Crippen LogP contribution < -0.4 is 0 Å². The van der Waals surface area contributed by atoms with Gasteiger partial charge in [0.25, 0.3) is 0 Å². The van der Waals surface area contributed by atoms with Gasteiger partial charge in [-0.15, -0.1) is 5.10 Å². The van der Waals surface area contributed by atoms with Gasteiger partial charge in [-0.1, -0.05) is 23.4 Å². The number of rotatable bonds is 1. The molecule has 2 aromatic heterocycles. The van der Waals surface area contributed by atoms with E-state index < -0.39 is 0 Å². The third kappa shape index (κ3) is 1.35. The van der Waals surface area contributed by atoms with Crippen molar-refractivity contribution in [1.82, 2.24) is 20.0 Å². The second-order valence-electron chi connectivity index (χ2n) is 3.68. The molecule has 3 rings (SSSR count). The van der Waals surface area contributed by atoms with Gasteiger partial charge in [0.1, 0.15) is 5.52 Å². The first kappa shape index (κ1) is 9.03. The van der Waals surface area contributed by atoms with Crippen LogP contribution in [0.15, 0.2) is 42.6 Å². The predicted molar refractivity (Wildman–Crippen MR) is 61.4 cm³/mol. The largest absolute Gasteiger partial charge is 0.237 e. The second-order valence-corrected chi connectivity index (χ2v) is 3.68. The molecule has 0 fully saturated rings. The first-order valence-corrected chi connectivity index (χ1v) is 5.08. The van der Waals surface area contributed by atoms with Crippen LogP contribution in [0.2, 0.25) is 0 Å². The Bertz CT molecular complexity index is 625. The van der Waals surface area contributed by atoms with Crippen molar-refractivity contribution in [2.75, 3.05) is 0 Å². The highest BCUT2D eigenvalue weighted by Crippen LogP contribution is 2.14. The van der Waals surface area contributed by atoms with Crippen LogP contribution in [0.5, 0.6) is 0 Å². The lowest BCUT2D eigenvalue weighted by Crippen LogP contribution is -1.99. The van der Waals surface area contributed by atoms with Crippen molar-refractivity contribution in [3.8, 4) is 5.82 Å². The highest BCUT2D eigenvalue weighted by Gasteiger charge is 2.05.